The van der Waals surface area contributed by atoms with E-state index in [-0.39, 0.29) is 38.8 Å². The Morgan fingerprint density at radius 2 is 2.00 bits per heavy atom. The number of rotatable bonds is 3. The third-order valence-electron chi connectivity index (χ3n) is 1.50. The molecule has 0 aliphatic heterocycles. The molecule has 1 fully saturated rings. The minimum atomic E-state index is 0. The summed E-state index contributed by atoms with van der Waals surface area (Å²) < 4.78 is 0. The molecule has 1 aliphatic rings. The van der Waals surface area contributed by atoms with Crippen molar-refractivity contribution in [3.63, 3.8) is 0 Å². The Bertz CT molecular complexity index is 83.7. The van der Waals surface area contributed by atoms with Gasteiger partial charge in [0.1, 0.15) is 0 Å². The molecule has 3 heteroatoms. The van der Waals surface area contributed by atoms with Crippen molar-refractivity contribution in [3.05, 3.63) is 5.48 Å². The van der Waals surface area contributed by atoms with E-state index >= 15 is 0 Å². The number of hydrogen-bond acceptors (Lipinski definition) is 1. The first-order valence-electron chi connectivity index (χ1n) is 3.65. The minimum Gasteiger partial charge on any atom is -0.531 e. The van der Waals surface area contributed by atoms with E-state index in [1.54, 1.807) is 0 Å². The van der Waals surface area contributed by atoms with Crippen LogP contribution in [0.2, 0.25) is 0 Å². The van der Waals surface area contributed by atoms with Crippen molar-refractivity contribution in [2.45, 2.75) is 45.3 Å². The van der Waals surface area contributed by atoms with Crippen molar-refractivity contribution < 1.29 is 37.5 Å². The number of nitrogens with zero attached hydrogens (tertiary/aromatic N) is 1. The summed E-state index contributed by atoms with van der Waals surface area (Å²) in [5, 5.41) is 0. The van der Waals surface area contributed by atoms with Crippen molar-refractivity contribution in [2.24, 2.45) is 0 Å². The molecule has 1 radical (unpaired) electrons. The molecule has 57 valence electrons. The average Bonchev–Trinajstić information content (AvgIpc) is 1.60. The average molecular weight is 217 g/mol. The van der Waals surface area contributed by atoms with Crippen LogP contribution in [-0.2, 0) is 37.5 Å². The van der Waals surface area contributed by atoms with Gasteiger partial charge in [-0.2, -0.15) is 0 Å². The van der Waals surface area contributed by atoms with Crippen molar-refractivity contribution in [3.8, 4) is 0 Å². The van der Waals surface area contributed by atoms with Crippen LogP contribution in [0.1, 0.15) is 33.1 Å². The van der Waals surface area contributed by atoms with Crippen LogP contribution in [0, 0.1) is 0 Å². The molecule has 0 spiro atoms. The maximum absolute atomic E-state index is 5.07. The molecule has 10 heavy (non-hydrogen) atoms. The molecule has 1 rings (SSSR count). The third-order valence-corrected chi connectivity index (χ3v) is 1.50. The van der Waals surface area contributed by atoms with Crippen LogP contribution in [-0.4, -0.2) is 12.1 Å². The van der Waals surface area contributed by atoms with Crippen LogP contribution in [0.5, 0.6) is 0 Å². The molecule has 2 nitrogen and oxygen atoms in total. The first kappa shape index (κ1) is 11.0. The fourth-order valence-corrected chi connectivity index (χ4v) is 0.700. The van der Waals surface area contributed by atoms with E-state index in [2.05, 4.69) is 5.48 Å². The molecule has 0 aromatic heterocycles. The van der Waals surface area contributed by atoms with Gasteiger partial charge < -0.3 is 10.3 Å². The first-order chi connectivity index (χ1) is 4.29. The van der Waals surface area contributed by atoms with Crippen LogP contribution in [0.3, 0.4) is 0 Å². The van der Waals surface area contributed by atoms with Crippen LogP contribution < -0.4 is 0 Å². The van der Waals surface area contributed by atoms with Gasteiger partial charge in [-0.05, 0) is 13.8 Å². The monoisotopic (exact) mass is 217 g/mol. The van der Waals surface area contributed by atoms with E-state index in [0.29, 0.717) is 6.04 Å². The van der Waals surface area contributed by atoms with Gasteiger partial charge in [-0.25, -0.2) is 0 Å². The zero-order chi connectivity index (χ0) is 6.69. The summed E-state index contributed by atoms with van der Waals surface area (Å²) in [6.45, 7) is 4.00. The summed E-state index contributed by atoms with van der Waals surface area (Å²) in [4.78, 5) is 5.07. The van der Waals surface area contributed by atoms with Crippen molar-refractivity contribution in [2.75, 3.05) is 0 Å². The Labute approximate surface area is 87.9 Å². The Kier molecular flexibility index (Phi) is 6.22. The summed E-state index contributed by atoms with van der Waals surface area (Å²) in [7, 11) is 0. The molecule has 1 saturated carbocycles. The summed E-state index contributed by atoms with van der Waals surface area (Å²) >= 11 is 0. The summed E-state index contributed by atoms with van der Waals surface area (Å²) in [6.07, 6.45) is 4.04. The minimum absolute atomic E-state index is 0. The maximum Gasteiger partial charge on any atom is 0.0303 e. The fraction of sp³-hybridized carbons (Fsp3) is 1.00. The van der Waals surface area contributed by atoms with Crippen LogP contribution in [0.4, 0.5) is 0 Å². The Balaban J connectivity index is 0.000000810. The normalized spacial score (nSPS) is 18.3. The van der Waals surface area contributed by atoms with Gasteiger partial charge in [0.25, 0.3) is 0 Å². The van der Waals surface area contributed by atoms with Gasteiger partial charge in [0.15, 0.2) is 0 Å². The second kappa shape index (κ2) is 5.65. The van der Waals surface area contributed by atoms with Gasteiger partial charge >= 0.3 is 0 Å². The third kappa shape index (κ3) is 4.02. The molecular weight excluding hydrogens is 203 g/mol. The Hall–Kier alpha value is 1.02. The molecule has 0 amide bonds. The van der Waals surface area contributed by atoms with Gasteiger partial charge in [0.2, 0.25) is 0 Å². The van der Waals surface area contributed by atoms with Gasteiger partial charge in [0, 0.05) is 38.8 Å². The molecule has 1 aliphatic carbocycles. The van der Waals surface area contributed by atoms with Crippen LogP contribution >= 0.6 is 0 Å². The number of hydrogen-bond donors (Lipinski definition) is 0. The zero-order valence-electron chi connectivity index (χ0n) is 6.71. The number of hydroxylamine groups is 1. The molecule has 0 aromatic rings. The molecule has 0 saturated heterocycles. The SMILES string of the molecule is CC(C)O[N-]C1CCC1.[Y]. The topological polar surface area (TPSA) is 23.3 Å². The summed E-state index contributed by atoms with van der Waals surface area (Å²) in [5.41, 5.74) is 4.03. The van der Waals surface area contributed by atoms with E-state index in [1.807, 2.05) is 13.8 Å². The van der Waals surface area contributed by atoms with Crippen molar-refractivity contribution >= 4 is 0 Å². The predicted octanol–water partition coefficient (Wildman–Crippen LogP) is 2.25. The molecule has 0 bridgehead atoms. The Morgan fingerprint density at radius 3 is 2.30 bits per heavy atom. The van der Waals surface area contributed by atoms with Gasteiger partial charge in [-0.3, -0.25) is 0 Å². The molecule has 0 N–H and O–H groups in total. The van der Waals surface area contributed by atoms with Crippen molar-refractivity contribution in [1.29, 1.82) is 0 Å². The second-order valence-electron chi connectivity index (χ2n) is 2.84. The Morgan fingerprint density at radius 1 is 1.40 bits per heavy atom. The van der Waals surface area contributed by atoms with Gasteiger partial charge in [0.05, 0.1) is 0 Å². The predicted molar refractivity (Wildman–Crippen MR) is 37.2 cm³/mol. The fourth-order valence-electron chi connectivity index (χ4n) is 0.700. The van der Waals surface area contributed by atoms with E-state index in [9.17, 15) is 0 Å². The van der Waals surface area contributed by atoms with E-state index in [1.165, 1.54) is 19.3 Å². The standard InChI is InChI=1S/C7H14NO.Y/c1-6(2)9-8-7-4-3-5-7;/h6-7H,3-5H2,1-2H3;/q-1;. The molecule has 0 atom stereocenters. The largest absolute Gasteiger partial charge is 0.531 e. The second-order valence-corrected chi connectivity index (χ2v) is 2.84. The van der Waals surface area contributed by atoms with Crippen LogP contribution in [0.15, 0.2) is 0 Å². The first-order valence-corrected chi connectivity index (χ1v) is 3.65. The van der Waals surface area contributed by atoms with E-state index in [0.717, 1.165) is 0 Å². The quantitative estimate of drug-likeness (QED) is 0.665. The van der Waals surface area contributed by atoms with Gasteiger partial charge in [-0.1, -0.05) is 19.3 Å². The molecule has 0 heterocycles. The van der Waals surface area contributed by atoms with Gasteiger partial charge in [-0.15, -0.1) is 6.04 Å². The van der Waals surface area contributed by atoms with E-state index in [4.69, 9.17) is 4.84 Å². The molecule has 0 unspecified atom stereocenters. The van der Waals surface area contributed by atoms with Crippen LogP contribution in [0.25, 0.3) is 5.48 Å². The smallest absolute Gasteiger partial charge is 0.0303 e. The summed E-state index contributed by atoms with van der Waals surface area (Å²) in [5.74, 6) is 0. The zero-order valence-corrected chi connectivity index (χ0v) is 9.55. The van der Waals surface area contributed by atoms with Crippen molar-refractivity contribution in [1.82, 2.24) is 0 Å². The maximum atomic E-state index is 5.07. The molecular formula is C7H14NOY-. The van der Waals surface area contributed by atoms with E-state index < -0.39 is 0 Å². The summed E-state index contributed by atoms with van der Waals surface area (Å²) in [6, 6.07) is 0.521. The molecule has 0 aromatic carbocycles.